The fourth-order valence-corrected chi connectivity index (χ4v) is 14.0. The van der Waals surface area contributed by atoms with Crippen molar-refractivity contribution in [3.8, 4) is 17.1 Å². The molecule has 0 unspecified atom stereocenters. The van der Waals surface area contributed by atoms with Crippen molar-refractivity contribution < 1.29 is 85.9 Å². The summed E-state index contributed by atoms with van der Waals surface area (Å²) in [6.07, 6.45) is 2.03. The Morgan fingerprint density at radius 1 is 0.610 bits per heavy atom. The maximum Gasteiger partial charge on any atom is 0.407 e. The van der Waals surface area contributed by atoms with Crippen LogP contribution in [-0.4, -0.2) is 202 Å². The minimum Gasteiger partial charge on any atom is -0.494 e. The maximum atomic E-state index is 14.7. The van der Waals surface area contributed by atoms with E-state index in [1.54, 1.807) is 41.8 Å². The lowest BCUT2D eigenvalue weighted by atomic mass is 9.76. The van der Waals surface area contributed by atoms with Crippen LogP contribution in [0.25, 0.3) is 32.7 Å². The highest BCUT2D eigenvalue weighted by molar-refractivity contribution is 5.98. The molecule has 2 aromatic heterocycles. The summed E-state index contributed by atoms with van der Waals surface area (Å²) in [6.45, 7) is 13.9. The Kier molecular flexibility index (Phi) is 36.8. The normalized spacial score (nSPS) is 13.9. The molecule has 630 valence electrons. The van der Waals surface area contributed by atoms with Gasteiger partial charge in [0.1, 0.15) is 31.0 Å². The van der Waals surface area contributed by atoms with Gasteiger partial charge in [0, 0.05) is 53.0 Å². The first-order valence-electron chi connectivity index (χ1n) is 40.6. The van der Waals surface area contributed by atoms with Gasteiger partial charge in [0.05, 0.1) is 160 Å². The van der Waals surface area contributed by atoms with E-state index in [1.165, 1.54) is 0 Å². The van der Waals surface area contributed by atoms with E-state index in [1.807, 2.05) is 91.9 Å². The molecule has 29 heteroatoms. The van der Waals surface area contributed by atoms with Crippen LogP contribution in [0, 0.1) is 6.92 Å². The SMILES string of the molecule is CCc1c2c(nc3ccc(OCCCNC(=O)OCc4ccc(NC(=O)[C@H](CCCCNC(c5ccccc5)(c5ccccc5)c5ccc(C)cc5)NC(=O)[C@H](Cc5ccccc5)NC(=O)CCOCCOCCOCCOCCOCCOCCOCCOCCOCCN=[N+]=[N-])cc4)cc13)-c1cc3c(c(=O)n1C2)COC(=O)[C@]3(O)CC. The zero-order valence-corrected chi connectivity index (χ0v) is 67.6. The van der Waals surface area contributed by atoms with Gasteiger partial charge in [-0.15, -0.1) is 0 Å². The minimum absolute atomic E-state index is 0.0370. The van der Waals surface area contributed by atoms with Crippen LogP contribution in [0.1, 0.15) is 108 Å². The fraction of sp³-hybridized carbons (Fsp3) is 0.449. The average molecular weight is 1620 g/mol. The smallest absolute Gasteiger partial charge is 0.407 e. The summed E-state index contributed by atoms with van der Waals surface area (Å²) in [4.78, 5) is 90.3. The van der Waals surface area contributed by atoms with Crippen LogP contribution in [0.5, 0.6) is 5.75 Å². The van der Waals surface area contributed by atoms with Crippen molar-refractivity contribution in [2.24, 2.45) is 5.11 Å². The van der Waals surface area contributed by atoms with Gasteiger partial charge in [-0.1, -0.05) is 152 Å². The predicted molar refractivity (Wildman–Crippen MR) is 443 cm³/mol. The number of aromatic nitrogens is 2. The van der Waals surface area contributed by atoms with Crippen molar-refractivity contribution in [2.75, 3.05) is 150 Å². The number of aryl methyl sites for hydroxylation is 2. The predicted octanol–water partition coefficient (Wildman–Crippen LogP) is 10.4. The number of benzene rings is 6. The first kappa shape index (κ1) is 89.8. The van der Waals surface area contributed by atoms with E-state index >= 15 is 0 Å². The van der Waals surface area contributed by atoms with Crippen molar-refractivity contribution in [1.29, 1.82) is 0 Å². The van der Waals surface area contributed by atoms with Crippen molar-refractivity contribution in [3.63, 3.8) is 0 Å². The molecular formula is C89H110N10O19. The molecule has 0 fully saturated rings. The number of esters is 1. The summed E-state index contributed by atoms with van der Waals surface area (Å²) in [6, 6.07) is 50.6. The Morgan fingerprint density at radius 2 is 1.18 bits per heavy atom. The third-order valence-corrected chi connectivity index (χ3v) is 20.2. The number of hydrogen-bond donors (Lipinski definition) is 6. The summed E-state index contributed by atoms with van der Waals surface area (Å²) in [7, 11) is 0. The number of rotatable bonds is 55. The number of fused-ring (bicyclic) bond motifs is 5. The van der Waals surface area contributed by atoms with Crippen molar-refractivity contribution in [1.82, 2.24) is 30.8 Å². The number of pyridine rings is 2. The number of aliphatic hydroxyl groups is 1. The number of alkyl carbamates (subject to hydrolysis) is 1. The van der Waals surface area contributed by atoms with Gasteiger partial charge in [-0.3, -0.25) is 24.5 Å². The largest absolute Gasteiger partial charge is 0.494 e. The first-order chi connectivity index (χ1) is 57.7. The van der Waals surface area contributed by atoms with Crippen molar-refractivity contribution >= 4 is 46.4 Å². The molecular weight excluding hydrogens is 1510 g/mol. The number of nitrogens with one attached hydrogen (secondary N) is 5. The zero-order valence-electron chi connectivity index (χ0n) is 67.6. The lowest BCUT2D eigenvalue weighted by molar-refractivity contribution is -0.172. The van der Waals surface area contributed by atoms with Crippen LogP contribution in [-0.2, 0) is 115 Å². The van der Waals surface area contributed by atoms with Gasteiger partial charge in [-0.25, -0.2) is 14.6 Å². The fourth-order valence-electron chi connectivity index (χ4n) is 14.0. The second-order valence-electron chi connectivity index (χ2n) is 28.3. The molecule has 0 radical (unpaired) electrons. The average Bonchev–Trinajstić information content (AvgIpc) is 1.55. The zero-order chi connectivity index (χ0) is 83.0. The second-order valence-corrected chi connectivity index (χ2v) is 28.3. The lowest BCUT2D eigenvalue weighted by Gasteiger charge is -2.37. The number of hydrogen-bond acceptors (Lipinski definition) is 22. The Bertz CT molecular complexity index is 4540. The molecule has 6 N–H and O–H groups in total. The van der Waals surface area contributed by atoms with E-state index in [2.05, 4.69) is 92.1 Å². The van der Waals surface area contributed by atoms with Gasteiger partial charge in [-0.2, -0.15) is 0 Å². The third-order valence-electron chi connectivity index (χ3n) is 20.2. The maximum absolute atomic E-state index is 14.7. The lowest BCUT2D eigenvalue weighted by Crippen LogP contribution is -2.53. The molecule has 29 nitrogen and oxygen atoms in total. The van der Waals surface area contributed by atoms with Gasteiger partial charge in [0.2, 0.25) is 17.7 Å². The highest BCUT2D eigenvalue weighted by atomic mass is 16.6. The minimum atomic E-state index is -1.93. The number of carbonyl (C=O) groups is 5. The second kappa shape index (κ2) is 48.4. The highest BCUT2D eigenvalue weighted by Crippen LogP contribution is 2.42. The van der Waals surface area contributed by atoms with Crippen LogP contribution in [0.4, 0.5) is 10.5 Å². The van der Waals surface area contributed by atoms with E-state index in [-0.39, 0.29) is 95.1 Å². The Morgan fingerprint density at radius 3 is 1.75 bits per heavy atom. The number of ether oxygens (including phenoxy) is 12. The molecule has 0 saturated heterocycles. The Hall–Kier alpha value is -10.5. The van der Waals surface area contributed by atoms with Crippen LogP contribution in [0.3, 0.4) is 0 Å². The number of anilines is 1. The molecule has 2 aliphatic heterocycles. The highest BCUT2D eigenvalue weighted by Gasteiger charge is 2.46. The molecule has 0 bridgehead atoms. The topological polar surface area (TPSA) is 360 Å². The number of azide groups is 1. The first-order valence-corrected chi connectivity index (χ1v) is 40.6. The number of unbranched alkanes of at least 4 members (excludes halogenated alkanes) is 1. The number of carbonyl (C=O) groups excluding carboxylic acids is 5. The number of cyclic esters (lactones) is 1. The standard InChI is InChI=1S/C89H110N10O19/c1-4-72-73-59-71(33-34-77(73)96-82-74(72)61-99-80(82)60-76-75(85(99)103)63-117-86(104)88(76,106)5-2)116-39-17-36-91-87(105)118-62-66-27-31-70(32-28-66)94-83(101)78(24-15-16-37-92-89(67-20-11-7-12-21-67,68-22-13-8-14-23-68)69-29-25-64(3)26-30-69)97-84(102)79(58-65-18-9-6-10-19-65)95-81(100)35-40-107-42-44-109-46-48-111-50-52-113-54-56-115-57-55-114-53-51-112-49-47-110-45-43-108-41-38-93-98-90/h6-14,18-23,25-34,59-60,78-79,92,106H,4-5,15-17,24,35-58,61-63H2,1-3H3,(H,91,105)(H,94,101)(H,95,100)(H,97,102)/t78-,79-,88-/m0/s1. The number of amides is 4. The molecule has 4 heterocycles. The summed E-state index contributed by atoms with van der Waals surface area (Å²) < 4.78 is 68.5. The molecule has 3 atom stereocenters. The molecule has 0 spiro atoms. The van der Waals surface area contributed by atoms with Gasteiger partial charge in [-0.05, 0) is 127 Å². The Balaban J connectivity index is 0.664. The summed E-state index contributed by atoms with van der Waals surface area (Å²) in [5, 5.41) is 31.3. The van der Waals surface area contributed by atoms with Gasteiger partial charge in [0.15, 0.2) is 5.60 Å². The monoisotopic (exact) mass is 1620 g/mol. The quantitative estimate of drug-likeness (QED) is 0.00515. The molecule has 0 aliphatic carbocycles. The van der Waals surface area contributed by atoms with E-state index < -0.39 is 53.0 Å². The van der Waals surface area contributed by atoms with Crippen molar-refractivity contribution in [2.45, 2.75) is 115 Å². The molecule has 2 aliphatic rings. The molecule has 4 amide bonds. The molecule has 118 heavy (non-hydrogen) atoms. The van der Waals surface area contributed by atoms with Crippen molar-refractivity contribution in [3.05, 3.63) is 240 Å². The van der Waals surface area contributed by atoms with Gasteiger partial charge in [0.25, 0.3) is 5.56 Å². The van der Waals surface area contributed by atoms with Crippen LogP contribution in [0.2, 0.25) is 0 Å². The molecule has 10 rings (SSSR count). The van der Waals surface area contributed by atoms with E-state index in [9.17, 15) is 33.9 Å². The summed E-state index contributed by atoms with van der Waals surface area (Å²) in [5.74, 6) is -1.58. The van der Waals surface area contributed by atoms with Crippen LogP contribution >= 0.6 is 0 Å². The summed E-state index contributed by atoms with van der Waals surface area (Å²) in [5.41, 5.74) is 15.8. The summed E-state index contributed by atoms with van der Waals surface area (Å²) >= 11 is 0. The van der Waals surface area contributed by atoms with E-state index in [0.717, 1.165) is 44.3 Å². The number of nitrogens with zero attached hydrogens (tertiary/aromatic N) is 5. The Labute approximate surface area is 688 Å². The van der Waals surface area contributed by atoms with E-state index in [4.69, 9.17) is 67.4 Å². The van der Waals surface area contributed by atoms with E-state index in [0.29, 0.717) is 172 Å². The van der Waals surface area contributed by atoms with Crippen LogP contribution < -0.4 is 36.9 Å². The molecule has 8 aromatic rings. The van der Waals surface area contributed by atoms with Gasteiger partial charge >= 0.3 is 12.1 Å². The molecule has 6 aromatic carbocycles. The molecule has 0 saturated carbocycles. The van der Waals surface area contributed by atoms with Gasteiger partial charge < -0.3 is 87.8 Å². The third kappa shape index (κ3) is 26.5. The van der Waals surface area contributed by atoms with Crippen LogP contribution in [0.15, 0.2) is 174 Å².